The van der Waals surface area contributed by atoms with Gasteiger partial charge in [-0.15, -0.1) is 16.4 Å². The van der Waals surface area contributed by atoms with E-state index in [1.54, 1.807) is 11.6 Å². The number of carbonyl (C=O) groups excluding carboxylic acids is 1. The van der Waals surface area contributed by atoms with Gasteiger partial charge in [0.2, 0.25) is 0 Å². The summed E-state index contributed by atoms with van der Waals surface area (Å²) < 4.78 is 45.0. The van der Waals surface area contributed by atoms with Crippen molar-refractivity contribution in [1.29, 1.82) is 0 Å². The lowest BCUT2D eigenvalue weighted by atomic mass is 10.1. The molecule has 0 aliphatic heterocycles. The smallest absolute Gasteiger partial charge is 0.416 e. The van der Waals surface area contributed by atoms with E-state index >= 15 is 0 Å². The standard InChI is InChI=1S/C18H18F3N5O2S/c1-3-4-9-26-14(23-24-25-26)10-28-17(27)15-11(2)22-16(29-15)12-5-7-13(8-6-12)18(19,20)21/h5-8H,3-4,9-10H2,1-2H3. The quantitative estimate of drug-likeness (QED) is 0.526. The molecule has 0 radical (unpaired) electrons. The molecule has 0 fully saturated rings. The van der Waals surface area contributed by atoms with Gasteiger partial charge in [0, 0.05) is 12.1 Å². The van der Waals surface area contributed by atoms with Crippen LogP contribution >= 0.6 is 11.3 Å². The Morgan fingerprint density at radius 3 is 2.62 bits per heavy atom. The van der Waals surface area contributed by atoms with E-state index in [0.717, 1.165) is 36.3 Å². The van der Waals surface area contributed by atoms with E-state index < -0.39 is 17.7 Å². The van der Waals surface area contributed by atoms with Crippen LogP contribution in [0.3, 0.4) is 0 Å². The van der Waals surface area contributed by atoms with E-state index in [0.29, 0.717) is 28.6 Å². The highest BCUT2D eigenvalue weighted by Gasteiger charge is 2.30. The first-order valence-corrected chi connectivity index (χ1v) is 9.68. The summed E-state index contributed by atoms with van der Waals surface area (Å²) in [6.07, 6.45) is -2.53. The molecule has 0 spiro atoms. The minimum absolute atomic E-state index is 0.0809. The highest BCUT2D eigenvalue weighted by molar-refractivity contribution is 7.17. The average Bonchev–Trinajstić information content (AvgIpc) is 3.30. The molecule has 154 valence electrons. The van der Waals surface area contributed by atoms with Crippen LogP contribution in [0.2, 0.25) is 0 Å². The lowest BCUT2D eigenvalue weighted by Gasteiger charge is -2.06. The van der Waals surface area contributed by atoms with Gasteiger partial charge in [0.05, 0.1) is 11.3 Å². The normalized spacial score (nSPS) is 11.6. The number of ether oxygens (including phenoxy) is 1. The number of thiazole rings is 1. The van der Waals surface area contributed by atoms with Crippen LogP contribution in [0, 0.1) is 6.92 Å². The molecule has 0 saturated heterocycles. The fourth-order valence-electron chi connectivity index (χ4n) is 2.51. The molecular weight excluding hydrogens is 407 g/mol. The SMILES string of the molecule is CCCCn1nnnc1COC(=O)c1sc(-c2ccc(C(F)(F)F)cc2)nc1C. The number of unbranched alkanes of at least 4 members (excludes halogenated alkanes) is 1. The van der Waals surface area contributed by atoms with Crippen LogP contribution in [0.4, 0.5) is 13.2 Å². The van der Waals surface area contributed by atoms with Crippen molar-refractivity contribution in [1.82, 2.24) is 25.2 Å². The van der Waals surface area contributed by atoms with E-state index in [1.165, 1.54) is 12.1 Å². The predicted molar refractivity (Wildman–Crippen MR) is 99.1 cm³/mol. The Labute approximate surface area is 168 Å². The van der Waals surface area contributed by atoms with Crippen LogP contribution < -0.4 is 0 Å². The van der Waals surface area contributed by atoms with Crippen molar-refractivity contribution in [2.45, 2.75) is 46.0 Å². The number of aryl methyl sites for hydroxylation is 2. The van der Waals surface area contributed by atoms with Gasteiger partial charge in [-0.3, -0.25) is 0 Å². The molecule has 0 amide bonds. The molecule has 0 N–H and O–H groups in total. The van der Waals surface area contributed by atoms with Crippen LogP contribution in [-0.2, 0) is 24.1 Å². The third kappa shape index (κ3) is 4.97. The van der Waals surface area contributed by atoms with Crippen molar-refractivity contribution in [3.05, 3.63) is 46.2 Å². The Morgan fingerprint density at radius 2 is 1.97 bits per heavy atom. The maximum atomic E-state index is 12.7. The van der Waals surface area contributed by atoms with Gasteiger partial charge in [0.25, 0.3) is 0 Å². The van der Waals surface area contributed by atoms with Gasteiger partial charge < -0.3 is 4.74 Å². The van der Waals surface area contributed by atoms with Crippen LogP contribution in [0.1, 0.15) is 46.5 Å². The Bertz CT molecular complexity index is 982. The molecule has 0 aliphatic carbocycles. The molecule has 2 heterocycles. The van der Waals surface area contributed by atoms with Crippen molar-refractivity contribution >= 4 is 17.3 Å². The summed E-state index contributed by atoms with van der Waals surface area (Å²) in [4.78, 5) is 17.0. The summed E-state index contributed by atoms with van der Waals surface area (Å²) in [5.74, 6) is -0.139. The molecule has 7 nitrogen and oxygen atoms in total. The zero-order valence-corrected chi connectivity index (χ0v) is 16.5. The van der Waals surface area contributed by atoms with Crippen LogP contribution in [-0.4, -0.2) is 31.2 Å². The third-order valence-corrected chi connectivity index (χ3v) is 5.29. The number of carbonyl (C=O) groups is 1. The van der Waals surface area contributed by atoms with Gasteiger partial charge in [-0.05, 0) is 35.9 Å². The second-order valence-electron chi connectivity index (χ2n) is 6.26. The summed E-state index contributed by atoms with van der Waals surface area (Å²) in [6.45, 7) is 4.24. The number of nitrogens with zero attached hydrogens (tertiary/aromatic N) is 5. The molecular formula is C18H18F3N5O2S. The van der Waals surface area contributed by atoms with E-state index in [-0.39, 0.29) is 11.5 Å². The Balaban J connectivity index is 1.70. The van der Waals surface area contributed by atoms with E-state index in [2.05, 4.69) is 20.5 Å². The maximum Gasteiger partial charge on any atom is 0.416 e. The summed E-state index contributed by atoms with van der Waals surface area (Å²) in [7, 11) is 0. The summed E-state index contributed by atoms with van der Waals surface area (Å²) in [5.41, 5.74) is 0.198. The Kier molecular flexibility index (Phi) is 6.26. The topological polar surface area (TPSA) is 82.8 Å². The fraction of sp³-hybridized carbons (Fsp3) is 0.389. The number of aromatic nitrogens is 5. The first-order valence-electron chi connectivity index (χ1n) is 8.86. The highest BCUT2D eigenvalue weighted by Crippen LogP contribution is 2.33. The van der Waals surface area contributed by atoms with Gasteiger partial charge >= 0.3 is 12.1 Å². The molecule has 1 aromatic carbocycles. The predicted octanol–water partition coefficient (Wildman–Crippen LogP) is 4.28. The molecule has 0 aliphatic rings. The number of rotatable bonds is 7. The second kappa shape index (κ2) is 8.68. The van der Waals surface area contributed by atoms with E-state index in [9.17, 15) is 18.0 Å². The number of halogens is 3. The zero-order valence-electron chi connectivity index (χ0n) is 15.7. The van der Waals surface area contributed by atoms with Crippen molar-refractivity contribution < 1.29 is 22.7 Å². The Morgan fingerprint density at radius 1 is 1.24 bits per heavy atom. The van der Waals surface area contributed by atoms with Gasteiger partial charge in [-0.1, -0.05) is 25.5 Å². The molecule has 0 unspecified atom stereocenters. The largest absolute Gasteiger partial charge is 0.453 e. The number of hydrogen-bond acceptors (Lipinski definition) is 7. The molecule has 0 bridgehead atoms. The monoisotopic (exact) mass is 425 g/mol. The van der Waals surface area contributed by atoms with Crippen molar-refractivity contribution in [2.24, 2.45) is 0 Å². The summed E-state index contributed by atoms with van der Waals surface area (Å²) in [5, 5.41) is 11.8. The van der Waals surface area contributed by atoms with Crippen LogP contribution in [0.25, 0.3) is 10.6 Å². The van der Waals surface area contributed by atoms with Gasteiger partial charge in [0.1, 0.15) is 9.88 Å². The number of alkyl halides is 3. The second-order valence-corrected chi connectivity index (χ2v) is 7.26. The van der Waals surface area contributed by atoms with Gasteiger partial charge in [0.15, 0.2) is 12.4 Å². The number of benzene rings is 1. The van der Waals surface area contributed by atoms with Crippen LogP contribution in [0.5, 0.6) is 0 Å². The minimum atomic E-state index is -4.40. The molecule has 29 heavy (non-hydrogen) atoms. The van der Waals surface area contributed by atoms with Gasteiger partial charge in [-0.25, -0.2) is 14.5 Å². The van der Waals surface area contributed by atoms with E-state index in [4.69, 9.17) is 4.74 Å². The third-order valence-electron chi connectivity index (χ3n) is 4.10. The number of tetrazole rings is 1. The maximum absolute atomic E-state index is 12.7. The first-order chi connectivity index (χ1) is 13.8. The van der Waals surface area contributed by atoms with Crippen molar-refractivity contribution in [2.75, 3.05) is 0 Å². The molecule has 3 rings (SSSR count). The minimum Gasteiger partial charge on any atom is -0.453 e. The van der Waals surface area contributed by atoms with E-state index in [1.807, 2.05) is 6.92 Å². The molecule has 3 aromatic rings. The van der Waals surface area contributed by atoms with Crippen molar-refractivity contribution in [3.63, 3.8) is 0 Å². The molecule has 0 atom stereocenters. The first kappa shape index (κ1) is 20.9. The molecule has 11 heteroatoms. The molecule has 2 aromatic heterocycles. The summed E-state index contributed by atoms with van der Waals surface area (Å²) in [6, 6.07) is 4.64. The Hall–Kier alpha value is -2.82. The van der Waals surface area contributed by atoms with Crippen LogP contribution in [0.15, 0.2) is 24.3 Å². The average molecular weight is 425 g/mol. The van der Waals surface area contributed by atoms with Gasteiger partial charge in [-0.2, -0.15) is 13.2 Å². The summed E-state index contributed by atoms with van der Waals surface area (Å²) >= 11 is 1.06. The number of esters is 1. The lowest BCUT2D eigenvalue weighted by molar-refractivity contribution is -0.137. The lowest BCUT2D eigenvalue weighted by Crippen LogP contribution is -2.11. The zero-order chi connectivity index (χ0) is 21.0. The van der Waals surface area contributed by atoms with Crippen molar-refractivity contribution in [3.8, 4) is 10.6 Å². The number of hydrogen-bond donors (Lipinski definition) is 0. The molecule has 0 saturated carbocycles. The fourth-order valence-corrected chi connectivity index (χ4v) is 3.48. The highest BCUT2D eigenvalue weighted by atomic mass is 32.1.